The van der Waals surface area contributed by atoms with Gasteiger partial charge in [0, 0.05) is 19.4 Å². The van der Waals surface area contributed by atoms with Crippen molar-refractivity contribution in [3.05, 3.63) is 0 Å². The lowest BCUT2D eigenvalue weighted by atomic mass is 9.99. The molecule has 51 heavy (non-hydrogen) atoms. The van der Waals surface area contributed by atoms with Crippen LogP contribution >= 0.6 is 0 Å². The molecule has 0 aromatic heterocycles. The van der Waals surface area contributed by atoms with Crippen LogP contribution in [0.15, 0.2) is 0 Å². The topological polar surface area (TPSA) is 82.1 Å². The summed E-state index contributed by atoms with van der Waals surface area (Å²) < 4.78 is 15.9. The van der Waals surface area contributed by atoms with E-state index in [1.54, 1.807) is 0 Å². The summed E-state index contributed by atoms with van der Waals surface area (Å²) in [5.74, 6) is 2.16. The molecule has 0 amide bonds. The third-order valence-electron chi connectivity index (χ3n) is 11.2. The predicted molar refractivity (Wildman–Crippen MR) is 214 cm³/mol. The molecule has 0 aromatic carbocycles. The molecule has 0 radical (unpaired) electrons. The molecule has 4 unspecified atom stereocenters. The second-order valence-corrected chi connectivity index (χ2v) is 16.6. The standard InChI is InChI=1S/C16H30O2.C15H30O2.C14H26O2/c1-15-11-9-7-5-3-2-4-6-8-10-12-16(17)18-14-13-15;1-14-10-8-6-4-2-3-5-7-9-11-15(16)17-13-12-14;1-13-9-7-5-3-2-4-6-8-10-14(15)16-12-11-13/h15H,2-14H2,1H3;14-16H,2-13H2,1H3;13H,2-12H2,1H3. The Balaban J connectivity index is 0.000000383. The lowest BCUT2D eigenvalue weighted by molar-refractivity contribution is -0.145. The van der Waals surface area contributed by atoms with Crippen LogP contribution in [-0.4, -0.2) is 43.2 Å². The van der Waals surface area contributed by atoms with E-state index in [0.29, 0.717) is 37.9 Å². The molecule has 3 saturated heterocycles. The normalized spacial score (nSPS) is 28.2. The summed E-state index contributed by atoms with van der Waals surface area (Å²) in [4.78, 5) is 22.8. The van der Waals surface area contributed by atoms with Crippen LogP contribution in [0.1, 0.15) is 233 Å². The molecule has 0 bridgehead atoms. The molecule has 4 atom stereocenters. The number of rotatable bonds is 0. The molecule has 0 saturated carbocycles. The minimum Gasteiger partial charge on any atom is -0.466 e. The molecule has 3 aliphatic rings. The Morgan fingerprint density at radius 2 is 0.647 bits per heavy atom. The molecule has 3 heterocycles. The van der Waals surface area contributed by atoms with Crippen LogP contribution in [0.2, 0.25) is 0 Å². The van der Waals surface area contributed by atoms with E-state index in [1.165, 1.54) is 154 Å². The van der Waals surface area contributed by atoms with E-state index >= 15 is 0 Å². The summed E-state index contributed by atoms with van der Waals surface area (Å²) in [7, 11) is 0. The first-order valence-corrected chi connectivity index (χ1v) is 22.5. The van der Waals surface area contributed by atoms with E-state index in [-0.39, 0.29) is 11.9 Å². The van der Waals surface area contributed by atoms with E-state index in [4.69, 9.17) is 14.2 Å². The molecular formula is C45H86O6. The van der Waals surface area contributed by atoms with Crippen LogP contribution in [0.5, 0.6) is 0 Å². The number of ether oxygens (including phenoxy) is 3. The summed E-state index contributed by atoms with van der Waals surface area (Å²) in [6, 6.07) is 0. The predicted octanol–water partition coefficient (Wildman–Crippen LogP) is 13.2. The highest BCUT2D eigenvalue weighted by molar-refractivity contribution is 5.69. The van der Waals surface area contributed by atoms with Gasteiger partial charge in [-0.25, -0.2) is 0 Å². The van der Waals surface area contributed by atoms with E-state index in [0.717, 1.165) is 57.5 Å². The fourth-order valence-corrected chi connectivity index (χ4v) is 7.33. The van der Waals surface area contributed by atoms with Gasteiger partial charge in [-0.2, -0.15) is 0 Å². The minimum absolute atomic E-state index is 0.00394. The van der Waals surface area contributed by atoms with Crippen LogP contribution in [0.25, 0.3) is 0 Å². The molecule has 3 rings (SSSR count). The van der Waals surface area contributed by atoms with E-state index in [1.807, 2.05) is 0 Å². The maximum absolute atomic E-state index is 11.5. The first kappa shape index (κ1) is 47.9. The summed E-state index contributed by atoms with van der Waals surface area (Å²) in [6.07, 6.45) is 39.8. The van der Waals surface area contributed by atoms with Gasteiger partial charge in [0.1, 0.15) is 0 Å². The van der Waals surface area contributed by atoms with Gasteiger partial charge in [-0.05, 0) is 62.7 Å². The van der Waals surface area contributed by atoms with E-state index in [2.05, 4.69) is 20.8 Å². The number of carbonyl (C=O) groups is 2. The van der Waals surface area contributed by atoms with Gasteiger partial charge in [0.2, 0.25) is 0 Å². The van der Waals surface area contributed by atoms with Crippen LogP contribution in [0, 0.1) is 17.8 Å². The van der Waals surface area contributed by atoms with Crippen molar-refractivity contribution < 1.29 is 28.9 Å². The van der Waals surface area contributed by atoms with Gasteiger partial charge in [0.25, 0.3) is 0 Å². The van der Waals surface area contributed by atoms with Crippen molar-refractivity contribution >= 4 is 11.9 Å². The Morgan fingerprint density at radius 1 is 0.373 bits per heavy atom. The van der Waals surface area contributed by atoms with Gasteiger partial charge < -0.3 is 19.3 Å². The number of esters is 2. The van der Waals surface area contributed by atoms with Crippen LogP contribution in [-0.2, 0) is 23.8 Å². The van der Waals surface area contributed by atoms with Gasteiger partial charge in [-0.1, -0.05) is 175 Å². The Kier molecular flexibility index (Phi) is 33.7. The monoisotopic (exact) mass is 723 g/mol. The van der Waals surface area contributed by atoms with Crippen molar-refractivity contribution in [3.8, 4) is 0 Å². The number of aliphatic hydroxyl groups excluding tert-OH is 1. The molecule has 3 aliphatic heterocycles. The van der Waals surface area contributed by atoms with E-state index in [9.17, 15) is 14.7 Å². The van der Waals surface area contributed by atoms with Crippen molar-refractivity contribution in [1.82, 2.24) is 0 Å². The van der Waals surface area contributed by atoms with Crippen molar-refractivity contribution in [2.24, 2.45) is 17.8 Å². The summed E-state index contributed by atoms with van der Waals surface area (Å²) in [5.41, 5.74) is 0. The highest BCUT2D eigenvalue weighted by atomic mass is 16.6. The fraction of sp³-hybridized carbons (Fsp3) is 0.956. The van der Waals surface area contributed by atoms with Gasteiger partial charge in [0.05, 0.1) is 13.2 Å². The molecule has 6 heteroatoms. The van der Waals surface area contributed by atoms with Gasteiger partial charge >= 0.3 is 11.9 Å². The first-order valence-electron chi connectivity index (χ1n) is 22.5. The van der Waals surface area contributed by atoms with Crippen molar-refractivity contribution in [2.75, 3.05) is 19.8 Å². The number of aliphatic hydroxyl groups is 1. The van der Waals surface area contributed by atoms with Gasteiger partial charge in [0.15, 0.2) is 6.29 Å². The zero-order valence-electron chi connectivity index (χ0n) is 34.3. The molecule has 302 valence electrons. The maximum Gasteiger partial charge on any atom is 0.305 e. The molecule has 6 nitrogen and oxygen atoms in total. The van der Waals surface area contributed by atoms with Crippen molar-refractivity contribution in [2.45, 2.75) is 239 Å². The number of carbonyl (C=O) groups excluding carboxylic acids is 2. The third-order valence-corrected chi connectivity index (χ3v) is 11.2. The van der Waals surface area contributed by atoms with Crippen LogP contribution in [0.4, 0.5) is 0 Å². The van der Waals surface area contributed by atoms with Crippen LogP contribution in [0.3, 0.4) is 0 Å². The smallest absolute Gasteiger partial charge is 0.305 e. The fourth-order valence-electron chi connectivity index (χ4n) is 7.33. The van der Waals surface area contributed by atoms with Crippen LogP contribution < -0.4 is 0 Å². The quantitative estimate of drug-likeness (QED) is 0.251. The molecular weight excluding hydrogens is 636 g/mol. The Labute approximate surface area is 316 Å². The molecule has 0 aliphatic carbocycles. The molecule has 0 spiro atoms. The minimum atomic E-state index is -0.521. The molecule has 0 aromatic rings. The average molecular weight is 723 g/mol. The largest absolute Gasteiger partial charge is 0.466 e. The Bertz CT molecular complexity index is 754. The summed E-state index contributed by atoms with van der Waals surface area (Å²) in [5, 5.41) is 9.64. The lowest BCUT2D eigenvalue weighted by Crippen LogP contribution is -2.14. The number of cyclic esters (lactones) is 2. The molecule has 3 fully saturated rings. The Morgan fingerprint density at radius 3 is 1.00 bits per heavy atom. The number of hydrogen-bond donors (Lipinski definition) is 1. The first-order chi connectivity index (χ1) is 24.9. The lowest BCUT2D eigenvalue weighted by Gasteiger charge is -2.14. The van der Waals surface area contributed by atoms with Gasteiger partial charge in [-0.15, -0.1) is 0 Å². The van der Waals surface area contributed by atoms with Crippen molar-refractivity contribution in [1.29, 1.82) is 0 Å². The third kappa shape index (κ3) is 34.4. The zero-order chi connectivity index (χ0) is 37.0. The zero-order valence-corrected chi connectivity index (χ0v) is 34.3. The molecule has 1 N–H and O–H groups in total. The summed E-state index contributed by atoms with van der Waals surface area (Å²) >= 11 is 0. The highest BCUT2D eigenvalue weighted by Crippen LogP contribution is 2.19. The second-order valence-electron chi connectivity index (χ2n) is 16.6. The SMILES string of the molecule is CC1CCCCCCCCCC(=O)OCC1.CC1CCCCCCCCCCC(O)OCC1.CC1CCCCCCCCCCCC(=O)OCC1. The maximum atomic E-state index is 11.5. The van der Waals surface area contributed by atoms with E-state index < -0.39 is 6.29 Å². The summed E-state index contributed by atoms with van der Waals surface area (Å²) in [6.45, 7) is 8.81. The average Bonchev–Trinajstić information content (AvgIpc) is 3.11. The highest BCUT2D eigenvalue weighted by Gasteiger charge is 2.10. The number of hydrogen-bond acceptors (Lipinski definition) is 6. The Hall–Kier alpha value is -1.14. The van der Waals surface area contributed by atoms with Gasteiger partial charge in [-0.3, -0.25) is 9.59 Å². The second kappa shape index (κ2) is 35.9. The van der Waals surface area contributed by atoms with Crippen molar-refractivity contribution in [3.63, 3.8) is 0 Å².